The summed E-state index contributed by atoms with van der Waals surface area (Å²) in [7, 11) is 0. The molecular formula is C14H13N5S. The number of pyridine rings is 1. The zero-order chi connectivity index (χ0) is 13.9. The Hall–Kier alpha value is -2.34. The van der Waals surface area contributed by atoms with Gasteiger partial charge in [-0.3, -0.25) is 10.4 Å². The zero-order valence-electron chi connectivity index (χ0n) is 11.2. The Morgan fingerprint density at radius 3 is 2.80 bits per heavy atom. The first-order chi connectivity index (χ1) is 9.75. The molecule has 0 amide bonds. The molecule has 6 heteroatoms. The van der Waals surface area contributed by atoms with Gasteiger partial charge in [0.2, 0.25) is 0 Å². The van der Waals surface area contributed by atoms with Crippen LogP contribution >= 0.6 is 11.3 Å². The average molecular weight is 283 g/mol. The van der Waals surface area contributed by atoms with E-state index in [1.807, 2.05) is 12.1 Å². The summed E-state index contributed by atoms with van der Waals surface area (Å²) >= 11 is 1.67. The molecular weight excluding hydrogens is 270 g/mol. The Bertz CT molecular complexity index is 764. The van der Waals surface area contributed by atoms with E-state index in [9.17, 15) is 0 Å². The van der Waals surface area contributed by atoms with Crippen LogP contribution in [0.4, 0.5) is 5.82 Å². The van der Waals surface area contributed by atoms with Gasteiger partial charge in [0.25, 0.3) is 0 Å². The van der Waals surface area contributed by atoms with E-state index in [0.29, 0.717) is 0 Å². The molecule has 0 aliphatic carbocycles. The topological polar surface area (TPSA) is 63.1 Å². The maximum atomic E-state index is 4.30. The molecule has 0 aliphatic rings. The summed E-state index contributed by atoms with van der Waals surface area (Å²) in [4.78, 5) is 14.8. The molecule has 0 radical (unpaired) electrons. The molecule has 0 atom stereocenters. The summed E-state index contributed by atoms with van der Waals surface area (Å²) in [6.45, 7) is 4.17. The van der Waals surface area contributed by atoms with Crippen LogP contribution in [0.2, 0.25) is 0 Å². The average Bonchev–Trinajstić information content (AvgIpc) is 2.76. The SMILES string of the molecule is Cc1sc2ncnc(NN=Cc3ccncc3)c2c1C. The molecule has 0 saturated heterocycles. The molecule has 0 aliphatic heterocycles. The molecule has 1 N–H and O–H groups in total. The van der Waals surface area contributed by atoms with Crippen LogP contribution in [0, 0.1) is 13.8 Å². The number of nitrogens with zero attached hydrogens (tertiary/aromatic N) is 4. The van der Waals surface area contributed by atoms with E-state index >= 15 is 0 Å². The van der Waals surface area contributed by atoms with E-state index in [1.54, 1.807) is 36.3 Å². The highest BCUT2D eigenvalue weighted by Crippen LogP contribution is 2.32. The van der Waals surface area contributed by atoms with Gasteiger partial charge in [-0.15, -0.1) is 11.3 Å². The number of aromatic nitrogens is 3. The predicted molar refractivity (Wildman–Crippen MR) is 82.3 cm³/mol. The second-order valence-corrected chi connectivity index (χ2v) is 5.54. The largest absolute Gasteiger partial charge is 0.265 e. The van der Waals surface area contributed by atoms with E-state index in [2.05, 4.69) is 39.3 Å². The third-order valence-corrected chi connectivity index (χ3v) is 4.17. The second-order valence-electron chi connectivity index (χ2n) is 4.34. The third kappa shape index (κ3) is 2.37. The summed E-state index contributed by atoms with van der Waals surface area (Å²) in [5.41, 5.74) is 5.18. The van der Waals surface area contributed by atoms with Gasteiger partial charge < -0.3 is 0 Å². The fourth-order valence-electron chi connectivity index (χ4n) is 1.88. The molecule has 0 bridgehead atoms. The van der Waals surface area contributed by atoms with Crippen LogP contribution in [-0.4, -0.2) is 21.2 Å². The van der Waals surface area contributed by atoms with Crippen molar-refractivity contribution in [3.63, 3.8) is 0 Å². The van der Waals surface area contributed by atoms with Crippen LogP contribution in [0.15, 0.2) is 36.0 Å². The van der Waals surface area contributed by atoms with Crippen molar-refractivity contribution in [1.29, 1.82) is 0 Å². The molecule has 0 aromatic carbocycles. The highest BCUT2D eigenvalue weighted by molar-refractivity contribution is 7.18. The number of aryl methyl sites for hydroxylation is 2. The summed E-state index contributed by atoms with van der Waals surface area (Å²) in [6, 6.07) is 3.78. The maximum Gasteiger partial charge on any atom is 0.158 e. The Labute approximate surface area is 120 Å². The van der Waals surface area contributed by atoms with Crippen molar-refractivity contribution in [1.82, 2.24) is 15.0 Å². The van der Waals surface area contributed by atoms with Gasteiger partial charge in [0.1, 0.15) is 11.2 Å². The zero-order valence-corrected chi connectivity index (χ0v) is 12.0. The lowest BCUT2D eigenvalue weighted by Crippen LogP contribution is -1.95. The third-order valence-electron chi connectivity index (χ3n) is 3.06. The first-order valence-corrected chi connectivity index (χ1v) is 6.97. The number of rotatable bonds is 3. The molecule has 3 aromatic rings. The van der Waals surface area contributed by atoms with E-state index < -0.39 is 0 Å². The van der Waals surface area contributed by atoms with Crippen LogP contribution in [0.25, 0.3) is 10.2 Å². The summed E-state index contributed by atoms with van der Waals surface area (Å²) in [5, 5.41) is 5.27. The molecule has 3 heterocycles. The number of fused-ring (bicyclic) bond motifs is 1. The molecule has 0 unspecified atom stereocenters. The summed E-state index contributed by atoms with van der Waals surface area (Å²) in [6.07, 6.45) is 6.76. The van der Waals surface area contributed by atoms with Gasteiger partial charge in [0, 0.05) is 17.3 Å². The Morgan fingerprint density at radius 2 is 2.00 bits per heavy atom. The van der Waals surface area contributed by atoms with Crippen molar-refractivity contribution in [2.75, 3.05) is 5.43 Å². The minimum absolute atomic E-state index is 0.738. The second kappa shape index (κ2) is 5.34. The van der Waals surface area contributed by atoms with Gasteiger partial charge in [0.05, 0.1) is 11.6 Å². The van der Waals surface area contributed by atoms with Crippen molar-refractivity contribution in [2.24, 2.45) is 5.10 Å². The molecule has 20 heavy (non-hydrogen) atoms. The van der Waals surface area contributed by atoms with Crippen molar-refractivity contribution in [3.8, 4) is 0 Å². The fourth-order valence-corrected chi connectivity index (χ4v) is 2.88. The van der Waals surface area contributed by atoms with Crippen LogP contribution in [0.5, 0.6) is 0 Å². The number of hydrogen-bond acceptors (Lipinski definition) is 6. The van der Waals surface area contributed by atoms with Crippen molar-refractivity contribution in [3.05, 3.63) is 46.9 Å². The quantitative estimate of drug-likeness (QED) is 0.592. The van der Waals surface area contributed by atoms with E-state index in [-0.39, 0.29) is 0 Å². The Morgan fingerprint density at radius 1 is 1.20 bits per heavy atom. The highest BCUT2D eigenvalue weighted by atomic mass is 32.1. The van der Waals surface area contributed by atoms with Gasteiger partial charge in [-0.1, -0.05) is 0 Å². The van der Waals surface area contributed by atoms with Crippen LogP contribution in [-0.2, 0) is 0 Å². The van der Waals surface area contributed by atoms with E-state index in [0.717, 1.165) is 21.6 Å². The number of thiophene rings is 1. The van der Waals surface area contributed by atoms with Gasteiger partial charge in [-0.05, 0) is 37.1 Å². The first-order valence-electron chi connectivity index (χ1n) is 6.15. The molecule has 5 nitrogen and oxygen atoms in total. The standard InChI is InChI=1S/C14H13N5S/c1-9-10(2)20-14-12(9)13(16-8-17-14)19-18-7-11-3-5-15-6-4-11/h3-8H,1-2H3,(H,16,17,19). The van der Waals surface area contributed by atoms with Gasteiger partial charge in [-0.25, -0.2) is 9.97 Å². The normalized spacial score (nSPS) is 11.3. The maximum absolute atomic E-state index is 4.30. The van der Waals surface area contributed by atoms with Gasteiger partial charge >= 0.3 is 0 Å². The Balaban J connectivity index is 1.90. The minimum atomic E-state index is 0.738. The molecule has 0 saturated carbocycles. The highest BCUT2D eigenvalue weighted by Gasteiger charge is 2.10. The molecule has 3 aromatic heterocycles. The van der Waals surface area contributed by atoms with Crippen molar-refractivity contribution >= 4 is 33.6 Å². The van der Waals surface area contributed by atoms with Gasteiger partial charge in [-0.2, -0.15) is 5.10 Å². The van der Waals surface area contributed by atoms with Crippen LogP contribution in [0.3, 0.4) is 0 Å². The number of hydrazone groups is 1. The lowest BCUT2D eigenvalue weighted by atomic mass is 10.2. The lowest BCUT2D eigenvalue weighted by Gasteiger charge is -2.01. The predicted octanol–water partition coefficient (Wildman–Crippen LogP) is 3.15. The number of nitrogens with one attached hydrogen (secondary N) is 1. The van der Waals surface area contributed by atoms with Gasteiger partial charge in [0.15, 0.2) is 5.82 Å². The lowest BCUT2D eigenvalue weighted by molar-refractivity contribution is 1.19. The van der Waals surface area contributed by atoms with Crippen LogP contribution in [0.1, 0.15) is 16.0 Å². The summed E-state index contributed by atoms with van der Waals surface area (Å²) in [5.74, 6) is 0.738. The first kappa shape index (κ1) is 12.7. The molecule has 100 valence electrons. The molecule has 0 fully saturated rings. The van der Waals surface area contributed by atoms with Crippen molar-refractivity contribution < 1.29 is 0 Å². The number of hydrogen-bond donors (Lipinski definition) is 1. The number of anilines is 1. The van der Waals surface area contributed by atoms with Crippen molar-refractivity contribution in [2.45, 2.75) is 13.8 Å². The monoisotopic (exact) mass is 283 g/mol. The van der Waals surface area contributed by atoms with E-state index in [4.69, 9.17) is 0 Å². The fraction of sp³-hybridized carbons (Fsp3) is 0.143. The van der Waals surface area contributed by atoms with E-state index in [1.165, 1.54) is 10.4 Å². The molecule has 0 spiro atoms. The summed E-state index contributed by atoms with van der Waals surface area (Å²) < 4.78 is 0. The Kier molecular flexibility index (Phi) is 3.39. The minimum Gasteiger partial charge on any atom is -0.265 e. The molecule has 3 rings (SSSR count). The smallest absolute Gasteiger partial charge is 0.158 e. The van der Waals surface area contributed by atoms with Crippen LogP contribution < -0.4 is 5.43 Å².